The Labute approximate surface area is 138 Å². The monoisotopic (exact) mass is 327 g/mol. The highest BCUT2D eigenvalue weighted by Crippen LogP contribution is 2.52. The number of likely N-dealkylation sites (N-methyl/N-ethyl adjacent to an activating group) is 1. The van der Waals surface area contributed by atoms with Crippen molar-refractivity contribution >= 4 is 11.5 Å². The van der Waals surface area contributed by atoms with Crippen molar-refractivity contribution < 1.29 is 9.50 Å². The summed E-state index contributed by atoms with van der Waals surface area (Å²) in [7, 11) is 1.78. The van der Waals surface area contributed by atoms with Crippen LogP contribution in [0.2, 0.25) is 0 Å². The molecule has 0 amide bonds. The second-order valence-electron chi connectivity index (χ2n) is 6.48. The summed E-state index contributed by atoms with van der Waals surface area (Å²) < 4.78 is 15.4. The van der Waals surface area contributed by atoms with E-state index in [-0.39, 0.29) is 17.0 Å². The summed E-state index contributed by atoms with van der Waals surface area (Å²) in [5.41, 5.74) is 0.935. The van der Waals surface area contributed by atoms with Crippen LogP contribution in [-0.4, -0.2) is 27.2 Å². The van der Waals surface area contributed by atoms with Crippen molar-refractivity contribution in [1.29, 1.82) is 0 Å². The van der Waals surface area contributed by atoms with Crippen LogP contribution in [0.15, 0.2) is 47.0 Å². The highest BCUT2D eigenvalue weighted by atomic mass is 19.1. The Hall–Kier alpha value is -2.47. The van der Waals surface area contributed by atoms with Crippen LogP contribution >= 0.6 is 0 Å². The number of aliphatic hydroxyl groups excluding tert-OH is 1. The highest BCUT2D eigenvalue weighted by molar-refractivity contribution is 5.61. The molecule has 2 atom stereocenters. The van der Waals surface area contributed by atoms with E-state index < -0.39 is 12.3 Å². The smallest absolute Gasteiger partial charge is 0.265 e. The number of aliphatic hydroxyl groups is 1. The Balaban J connectivity index is 1.87. The van der Waals surface area contributed by atoms with Crippen molar-refractivity contribution in [1.82, 2.24) is 9.38 Å². The van der Waals surface area contributed by atoms with Crippen LogP contribution in [0, 0.1) is 12.8 Å². The molecule has 124 valence electrons. The summed E-state index contributed by atoms with van der Waals surface area (Å²) in [6.45, 7) is 1.47. The standard InChI is InChI=1S/C18H18FN3O2/c1-11-4-3-7-22-15(11)20-16(14(10-23)17(22)24)21(2)13-5-6-18(19)9-12(18)8-13/h3-8,12,23H,9-10H2,1-2H3. The van der Waals surface area contributed by atoms with Gasteiger partial charge >= 0.3 is 0 Å². The van der Waals surface area contributed by atoms with Gasteiger partial charge < -0.3 is 10.0 Å². The number of allylic oxidation sites excluding steroid dienone is 3. The maximum atomic E-state index is 14.0. The fourth-order valence-electron chi connectivity index (χ4n) is 3.24. The topological polar surface area (TPSA) is 57.8 Å². The summed E-state index contributed by atoms with van der Waals surface area (Å²) in [6, 6.07) is 3.65. The van der Waals surface area contributed by atoms with Crippen molar-refractivity contribution in [3.63, 3.8) is 0 Å². The first-order valence-electron chi connectivity index (χ1n) is 7.90. The summed E-state index contributed by atoms with van der Waals surface area (Å²) in [4.78, 5) is 19.0. The lowest BCUT2D eigenvalue weighted by molar-refractivity contribution is 0.280. The van der Waals surface area contributed by atoms with Crippen molar-refractivity contribution in [2.45, 2.75) is 25.6 Å². The van der Waals surface area contributed by atoms with E-state index in [0.717, 1.165) is 11.3 Å². The van der Waals surface area contributed by atoms with Gasteiger partial charge in [-0.3, -0.25) is 9.20 Å². The minimum Gasteiger partial charge on any atom is -0.391 e. The van der Waals surface area contributed by atoms with E-state index in [0.29, 0.717) is 17.9 Å². The number of hydrogen-bond donors (Lipinski definition) is 1. The quantitative estimate of drug-likeness (QED) is 0.938. The zero-order chi connectivity index (χ0) is 17.1. The zero-order valence-corrected chi connectivity index (χ0v) is 13.5. The van der Waals surface area contributed by atoms with Crippen LogP contribution in [0.3, 0.4) is 0 Å². The van der Waals surface area contributed by atoms with Crippen molar-refractivity contribution in [2.75, 3.05) is 11.9 Å². The Kier molecular flexibility index (Phi) is 3.15. The van der Waals surface area contributed by atoms with Crippen molar-refractivity contribution in [3.8, 4) is 0 Å². The number of anilines is 1. The van der Waals surface area contributed by atoms with E-state index in [2.05, 4.69) is 4.98 Å². The van der Waals surface area contributed by atoms with Crippen LogP contribution in [0.25, 0.3) is 5.65 Å². The molecule has 24 heavy (non-hydrogen) atoms. The van der Waals surface area contributed by atoms with E-state index >= 15 is 0 Å². The molecule has 2 aliphatic carbocycles. The number of rotatable bonds is 3. The van der Waals surface area contributed by atoms with Gasteiger partial charge in [0.1, 0.15) is 17.1 Å². The van der Waals surface area contributed by atoms with Crippen molar-refractivity contribution in [3.05, 3.63) is 63.7 Å². The third-order valence-corrected chi connectivity index (χ3v) is 4.88. The highest BCUT2D eigenvalue weighted by Gasteiger charge is 2.53. The number of pyridine rings is 1. The van der Waals surface area contributed by atoms with Crippen LogP contribution in [0.5, 0.6) is 0 Å². The summed E-state index contributed by atoms with van der Waals surface area (Å²) in [5, 5.41) is 9.70. The second-order valence-corrected chi connectivity index (χ2v) is 6.48. The van der Waals surface area contributed by atoms with Gasteiger partial charge in [0.05, 0.1) is 12.2 Å². The molecule has 2 unspecified atom stereocenters. The third kappa shape index (κ3) is 2.10. The Morgan fingerprint density at radius 1 is 1.54 bits per heavy atom. The Morgan fingerprint density at radius 2 is 2.33 bits per heavy atom. The molecule has 0 radical (unpaired) electrons. The van der Waals surface area contributed by atoms with Crippen LogP contribution < -0.4 is 10.5 Å². The van der Waals surface area contributed by atoms with Gasteiger partial charge in [-0.2, -0.15) is 0 Å². The molecule has 4 rings (SSSR count). The molecule has 2 aliphatic rings. The molecular formula is C18H18FN3O2. The SMILES string of the molecule is Cc1cccn2c(=O)c(CO)c(N(C)C3=CC4CC4(F)C=C3)nc12. The van der Waals surface area contributed by atoms with Gasteiger partial charge in [0, 0.05) is 24.9 Å². The van der Waals surface area contributed by atoms with Crippen LogP contribution in [-0.2, 0) is 6.61 Å². The molecule has 2 aromatic heterocycles. The number of aromatic nitrogens is 2. The number of hydrogen-bond acceptors (Lipinski definition) is 4. The molecule has 1 saturated carbocycles. The summed E-state index contributed by atoms with van der Waals surface area (Å²) >= 11 is 0. The van der Waals surface area contributed by atoms with E-state index in [9.17, 15) is 14.3 Å². The maximum Gasteiger partial charge on any atom is 0.265 e. The molecule has 0 spiro atoms. The molecule has 0 aromatic carbocycles. The van der Waals surface area contributed by atoms with Gasteiger partial charge in [-0.05, 0) is 37.1 Å². The number of nitrogens with zero attached hydrogens (tertiary/aromatic N) is 3. The lowest BCUT2D eigenvalue weighted by Gasteiger charge is -2.24. The maximum absolute atomic E-state index is 14.0. The Morgan fingerprint density at radius 3 is 3.04 bits per heavy atom. The predicted octanol–water partition coefficient (Wildman–Crippen LogP) is 2.11. The first-order chi connectivity index (χ1) is 11.4. The lowest BCUT2D eigenvalue weighted by atomic mass is 10.1. The fraction of sp³-hybridized carbons (Fsp3) is 0.333. The van der Waals surface area contributed by atoms with Crippen LogP contribution in [0.1, 0.15) is 17.5 Å². The second kappa shape index (κ2) is 5.01. The molecule has 1 fully saturated rings. The van der Waals surface area contributed by atoms with Crippen molar-refractivity contribution in [2.24, 2.45) is 5.92 Å². The van der Waals surface area contributed by atoms with Gasteiger partial charge in [0.25, 0.3) is 5.56 Å². The minimum absolute atomic E-state index is 0.110. The van der Waals surface area contributed by atoms with E-state index in [1.165, 1.54) is 4.40 Å². The van der Waals surface area contributed by atoms with Gasteiger partial charge in [0.2, 0.25) is 0 Å². The third-order valence-electron chi connectivity index (χ3n) is 4.88. The fourth-order valence-corrected chi connectivity index (χ4v) is 3.24. The average molecular weight is 327 g/mol. The van der Waals surface area contributed by atoms with Gasteiger partial charge in [-0.15, -0.1) is 0 Å². The van der Waals surface area contributed by atoms with E-state index in [1.54, 1.807) is 36.4 Å². The molecule has 2 heterocycles. The lowest BCUT2D eigenvalue weighted by Crippen LogP contribution is -2.28. The number of fused-ring (bicyclic) bond motifs is 2. The molecular weight excluding hydrogens is 309 g/mol. The molecule has 2 aromatic rings. The number of halogens is 1. The summed E-state index contributed by atoms with van der Waals surface area (Å²) in [5.74, 6) is 0.292. The zero-order valence-electron chi connectivity index (χ0n) is 13.5. The van der Waals surface area contributed by atoms with E-state index in [4.69, 9.17) is 0 Å². The first kappa shape index (κ1) is 15.1. The predicted molar refractivity (Wildman–Crippen MR) is 89.7 cm³/mol. The first-order valence-corrected chi connectivity index (χ1v) is 7.90. The van der Waals surface area contributed by atoms with Crippen LogP contribution in [0.4, 0.5) is 10.2 Å². The van der Waals surface area contributed by atoms with Gasteiger partial charge in [0.15, 0.2) is 0 Å². The normalized spacial score (nSPS) is 24.7. The molecule has 6 heteroatoms. The van der Waals surface area contributed by atoms with E-state index in [1.807, 2.05) is 19.1 Å². The molecule has 0 aliphatic heterocycles. The molecule has 0 saturated heterocycles. The van der Waals surface area contributed by atoms with Gasteiger partial charge in [-0.1, -0.05) is 12.1 Å². The minimum atomic E-state index is -1.20. The molecule has 5 nitrogen and oxygen atoms in total. The molecule has 1 N–H and O–H groups in total. The van der Waals surface area contributed by atoms with Gasteiger partial charge in [-0.25, -0.2) is 9.37 Å². The summed E-state index contributed by atoms with van der Waals surface area (Å²) in [6.07, 6.45) is 7.29. The number of alkyl halides is 1. The Bertz CT molecular complexity index is 963. The molecule has 0 bridgehead atoms. The number of aryl methyl sites for hydroxylation is 1. The average Bonchev–Trinajstić information content (AvgIpc) is 3.25. The largest absolute Gasteiger partial charge is 0.391 e.